The Bertz CT molecular complexity index is 804. The van der Waals surface area contributed by atoms with Gasteiger partial charge in [0, 0.05) is 18.8 Å². The quantitative estimate of drug-likeness (QED) is 0.668. The highest BCUT2D eigenvalue weighted by atomic mass is 16.5. The Balaban J connectivity index is 1.57. The number of hydrogen-bond donors (Lipinski definition) is 1. The second-order valence-corrected chi connectivity index (χ2v) is 8.21. The Morgan fingerprint density at radius 2 is 1.80 bits per heavy atom. The summed E-state index contributed by atoms with van der Waals surface area (Å²) in [5.74, 6) is 2.06. The highest BCUT2D eigenvalue weighted by Crippen LogP contribution is 2.25. The van der Waals surface area contributed by atoms with Gasteiger partial charge < -0.3 is 19.7 Å². The van der Waals surface area contributed by atoms with Gasteiger partial charge in [0.05, 0.1) is 13.2 Å². The van der Waals surface area contributed by atoms with Crippen molar-refractivity contribution in [2.45, 2.75) is 52.2 Å². The van der Waals surface area contributed by atoms with Crippen LogP contribution in [-0.2, 0) is 4.79 Å². The monoisotopic (exact) mass is 410 g/mol. The lowest BCUT2D eigenvalue weighted by Gasteiger charge is -2.33. The summed E-state index contributed by atoms with van der Waals surface area (Å²) in [6, 6.07) is 15.8. The zero-order valence-corrected chi connectivity index (χ0v) is 18.6. The number of nitrogens with zero attached hydrogens (tertiary/aromatic N) is 1. The topological polar surface area (TPSA) is 50.8 Å². The number of hydrogen-bond acceptors (Lipinski definition) is 4. The van der Waals surface area contributed by atoms with E-state index >= 15 is 0 Å². The summed E-state index contributed by atoms with van der Waals surface area (Å²) in [6.07, 6.45) is 2.63. The molecule has 1 aliphatic heterocycles. The van der Waals surface area contributed by atoms with Crippen LogP contribution in [0.15, 0.2) is 48.5 Å². The molecule has 5 nitrogen and oxygen atoms in total. The van der Waals surface area contributed by atoms with E-state index in [0.29, 0.717) is 12.2 Å². The van der Waals surface area contributed by atoms with E-state index in [4.69, 9.17) is 9.47 Å². The van der Waals surface area contributed by atoms with Crippen molar-refractivity contribution < 1.29 is 14.3 Å². The lowest BCUT2D eigenvalue weighted by atomic mass is 9.99. The molecule has 3 rings (SSSR count). The van der Waals surface area contributed by atoms with Gasteiger partial charge in [-0.1, -0.05) is 26.0 Å². The van der Waals surface area contributed by atoms with Crippen molar-refractivity contribution in [2.75, 3.05) is 25.1 Å². The summed E-state index contributed by atoms with van der Waals surface area (Å²) < 4.78 is 11.1. The fourth-order valence-corrected chi connectivity index (χ4v) is 3.93. The minimum atomic E-state index is -0.532. The molecule has 1 saturated heterocycles. The van der Waals surface area contributed by atoms with Crippen molar-refractivity contribution in [1.82, 2.24) is 5.32 Å². The van der Waals surface area contributed by atoms with E-state index in [-0.39, 0.29) is 11.9 Å². The van der Waals surface area contributed by atoms with Crippen molar-refractivity contribution >= 4 is 11.6 Å². The summed E-state index contributed by atoms with van der Waals surface area (Å²) in [5.41, 5.74) is 2.36. The minimum Gasteiger partial charge on any atom is -0.497 e. The van der Waals surface area contributed by atoms with Gasteiger partial charge in [-0.25, -0.2) is 0 Å². The molecular weight excluding hydrogens is 376 g/mol. The molecule has 2 aromatic carbocycles. The third-order valence-corrected chi connectivity index (χ3v) is 5.78. The Hall–Kier alpha value is -2.69. The van der Waals surface area contributed by atoms with Crippen molar-refractivity contribution in [1.29, 1.82) is 0 Å². The molecule has 5 heteroatoms. The van der Waals surface area contributed by atoms with Crippen LogP contribution in [-0.4, -0.2) is 32.2 Å². The largest absolute Gasteiger partial charge is 0.497 e. The van der Waals surface area contributed by atoms with Gasteiger partial charge in [-0.2, -0.15) is 0 Å². The summed E-state index contributed by atoms with van der Waals surface area (Å²) in [5, 5.41) is 3.09. The minimum absolute atomic E-state index is 0.0830. The van der Waals surface area contributed by atoms with Gasteiger partial charge >= 0.3 is 0 Å². The maximum Gasteiger partial charge on any atom is 0.261 e. The van der Waals surface area contributed by atoms with E-state index in [0.717, 1.165) is 30.3 Å². The predicted octanol–water partition coefficient (Wildman–Crippen LogP) is 4.97. The first kappa shape index (κ1) is 22.0. The molecule has 30 heavy (non-hydrogen) atoms. The maximum atomic E-state index is 12.8. The van der Waals surface area contributed by atoms with Gasteiger partial charge in [0.25, 0.3) is 5.91 Å². The van der Waals surface area contributed by atoms with Gasteiger partial charge in [-0.15, -0.1) is 0 Å². The summed E-state index contributed by atoms with van der Waals surface area (Å²) in [4.78, 5) is 15.2. The Kier molecular flexibility index (Phi) is 7.61. The summed E-state index contributed by atoms with van der Waals surface area (Å²) >= 11 is 0. The molecule has 0 unspecified atom stereocenters. The van der Waals surface area contributed by atoms with Crippen molar-refractivity contribution in [2.24, 2.45) is 5.92 Å². The van der Waals surface area contributed by atoms with Crippen LogP contribution in [0, 0.1) is 5.92 Å². The number of nitrogens with one attached hydrogen (secondary N) is 1. The Labute approximate surface area is 180 Å². The van der Waals surface area contributed by atoms with Gasteiger partial charge in [0.1, 0.15) is 11.5 Å². The first-order valence-corrected chi connectivity index (χ1v) is 11.0. The number of ether oxygens (including phenoxy) is 2. The lowest BCUT2D eigenvalue weighted by Crippen LogP contribution is -2.39. The van der Waals surface area contributed by atoms with Crippen LogP contribution in [0.1, 0.15) is 51.6 Å². The fraction of sp³-hybridized carbons (Fsp3) is 0.480. The molecule has 3 atom stereocenters. The van der Waals surface area contributed by atoms with Crippen LogP contribution < -0.4 is 19.7 Å². The molecule has 1 N–H and O–H groups in total. The number of carbonyl (C=O) groups excluding carboxylic acids is 1. The third-order valence-electron chi connectivity index (χ3n) is 5.78. The second kappa shape index (κ2) is 10.4. The maximum absolute atomic E-state index is 12.8. The molecule has 1 heterocycles. The molecule has 0 aliphatic carbocycles. The first-order valence-electron chi connectivity index (χ1n) is 11.0. The van der Waals surface area contributed by atoms with E-state index in [1.807, 2.05) is 38.1 Å². The molecule has 0 radical (unpaired) electrons. The number of rotatable bonds is 8. The molecule has 1 fully saturated rings. The van der Waals surface area contributed by atoms with E-state index in [2.05, 4.69) is 41.4 Å². The molecule has 0 bridgehead atoms. The number of benzene rings is 2. The number of piperidine rings is 1. The molecule has 0 spiro atoms. The average molecular weight is 411 g/mol. The van der Waals surface area contributed by atoms with Crippen LogP contribution in [0.25, 0.3) is 0 Å². The van der Waals surface area contributed by atoms with Gasteiger partial charge in [0.2, 0.25) is 0 Å². The van der Waals surface area contributed by atoms with E-state index in [1.165, 1.54) is 18.5 Å². The number of anilines is 1. The normalized spacial score (nSPS) is 18.4. The van der Waals surface area contributed by atoms with Crippen LogP contribution in [0.5, 0.6) is 11.5 Å². The molecular formula is C25H34N2O3. The van der Waals surface area contributed by atoms with Crippen LogP contribution in [0.3, 0.4) is 0 Å². The Morgan fingerprint density at radius 1 is 1.13 bits per heavy atom. The zero-order valence-electron chi connectivity index (χ0n) is 18.6. The number of carbonyl (C=O) groups is 1. The first-order chi connectivity index (χ1) is 14.5. The molecule has 2 aromatic rings. The van der Waals surface area contributed by atoms with Crippen molar-refractivity contribution in [3.63, 3.8) is 0 Å². The average Bonchev–Trinajstić information content (AvgIpc) is 2.77. The number of amides is 1. The molecule has 1 amide bonds. The standard InChI is InChI=1S/C25H34N2O3/c1-5-24(30-23-14-12-22(29-4)13-15-23)25(28)26-19(3)20-8-10-21(11-9-20)27-16-6-7-18(2)17-27/h8-15,18-19,24H,5-7,16-17H2,1-4H3,(H,26,28)/t18-,19-,24-/m1/s1. The molecule has 0 aromatic heterocycles. The molecule has 162 valence electrons. The number of methoxy groups -OCH3 is 1. The van der Waals surface area contributed by atoms with E-state index < -0.39 is 6.10 Å². The van der Waals surface area contributed by atoms with Gasteiger partial charge in [0.15, 0.2) is 6.10 Å². The predicted molar refractivity (Wildman–Crippen MR) is 121 cm³/mol. The highest BCUT2D eigenvalue weighted by Gasteiger charge is 2.21. The fourth-order valence-electron chi connectivity index (χ4n) is 3.93. The SMILES string of the molecule is CC[C@@H](Oc1ccc(OC)cc1)C(=O)N[C@H](C)c1ccc(N2CCC[C@@H](C)C2)cc1. The summed E-state index contributed by atoms with van der Waals surface area (Å²) in [6.45, 7) is 8.52. The lowest BCUT2D eigenvalue weighted by molar-refractivity contribution is -0.128. The van der Waals surface area contributed by atoms with Gasteiger partial charge in [-0.3, -0.25) is 4.79 Å². The zero-order chi connectivity index (χ0) is 21.5. The smallest absolute Gasteiger partial charge is 0.261 e. The van der Waals surface area contributed by atoms with Crippen LogP contribution >= 0.6 is 0 Å². The van der Waals surface area contributed by atoms with Crippen LogP contribution in [0.2, 0.25) is 0 Å². The molecule has 0 saturated carbocycles. The Morgan fingerprint density at radius 3 is 2.40 bits per heavy atom. The molecule has 1 aliphatic rings. The van der Waals surface area contributed by atoms with Gasteiger partial charge in [-0.05, 0) is 74.1 Å². The highest BCUT2D eigenvalue weighted by molar-refractivity contribution is 5.81. The third kappa shape index (κ3) is 5.68. The van der Waals surface area contributed by atoms with E-state index in [9.17, 15) is 4.79 Å². The van der Waals surface area contributed by atoms with E-state index in [1.54, 1.807) is 7.11 Å². The second-order valence-electron chi connectivity index (χ2n) is 8.21. The van der Waals surface area contributed by atoms with Crippen molar-refractivity contribution in [3.05, 3.63) is 54.1 Å². The van der Waals surface area contributed by atoms with Crippen LogP contribution in [0.4, 0.5) is 5.69 Å². The van der Waals surface area contributed by atoms with Crippen molar-refractivity contribution in [3.8, 4) is 11.5 Å². The summed E-state index contributed by atoms with van der Waals surface area (Å²) in [7, 11) is 1.62.